The largest absolute Gasteiger partial charge is 0.618 e. The zero-order valence-corrected chi connectivity index (χ0v) is 12.8. The molecule has 7 nitrogen and oxygen atoms in total. The van der Waals surface area contributed by atoms with Crippen molar-refractivity contribution in [2.45, 2.75) is 11.1 Å². The summed E-state index contributed by atoms with van der Waals surface area (Å²) in [5.41, 5.74) is -1.06. The number of hydroxylamine groups is 1. The summed E-state index contributed by atoms with van der Waals surface area (Å²) in [7, 11) is -8.32. The molecular formula is C10H12F3NO6S2. The van der Waals surface area contributed by atoms with E-state index in [0.29, 0.717) is 24.3 Å². The summed E-state index contributed by atoms with van der Waals surface area (Å²) in [5, 5.41) is 11.5. The molecule has 1 unspecified atom stereocenters. The molecule has 0 fully saturated rings. The molecule has 0 bridgehead atoms. The first-order valence-corrected chi connectivity index (χ1v) is 8.93. The number of sulfonamides is 1. The molecule has 0 aliphatic rings. The predicted molar refractivity (Wildman–Crippen MR) is 68.6 cm³/mol. The molecule has 0 aliphatic heterocycles. The lowest BCUT2D eigenvalue weighted by molar-refractivity contribution is -0.708. The lowest BCUT2D eigenvalue weighted by atomic mass is 10.2. The molecule has 0 spiro atoms. The minimum atomic E-state index is -4.63. The van der Waals surface area contributed by atoms with Crippen LogP contribution in [0.5, 0.6) is 0 Å². The number of hydrogen-bond acceptors (Lipinski definition) is 6. The van der Waals surface area contributed by atoms with Gasteiger partial charge in [-0.05, 0) is 24.3 Å². The fourth-order valence-corrected chi connectivity index (χ4v) is 2.86. The maximum absolute atomic E-state index is 12.4. The van der Waals surface area contributed by atoms with Gasteiger partial charge in [-0.25, -0.2) is 0 Å². The third-order valence-electron chi connectivity index (χ3n) is 2.40. The summed E-state index contributed by atoms with van der Waals surface area (Å²) in [6, 6.07) is 2.39. The predicted octanol–water partition coefficient (Wildman–Crippen LogP) is -0.247. The van der Waals surface area contributed by atoms with E-state index in [9.17, 15) is 35.2 Å². The van der Waals surface area contributed by atoms with Gasteiger partial charge >= 0.3 is 16.2 Å². The van der Waals surface area contributed by atoms with Gasteiger partial charge in [0, 0.05) is 0 Å². The van der Waals surface area contributed by atoms with Crippen LogP contribution in [0.25, 0.3) is 0 Å². The zero-order chi connectivity index (χ0) is 17.2. The Morgan fingerprint density at radius 1 is 1.14 bits per heavy atom. The van der Waals surface area contributed by atoms with Gasteiger partial charge in [-0.2, -0.15) is 30.0 Å². The molecule has 0 radical (unpaired) electrons. The molecule has 1 aromatic carbocycles. The molecule has 0 saturated heterocycles. The topological polar surface area (TPSA) is 105 Å². The monoisotopic (exact) mass is 363 g/mol. The van der Waals surface area contributed by atoms with Crippen molar-refractivity contribution in [1.29, 1.82) is 0 Å². The Hall–Kier alpha value is -1.21. The summed E-state index contributed by atoms with van der Waals surface area (Å²) in [4.78, 5) is -0.607. The Balaban J connectivity index is 2.85. The first kappa shape index (κ1) is 18.8. The quantitative estimate of drug-likeness (QED) is 0.552. The molecule has 0 aromatic heterocycles. The smallest absolute Gasteiger partial charge is 0.416 e. The van der Waals surface area contributed by atoms with Crippen LogP contribution in [0.4, 0.5) is 13.2 Å². The molecule has 0 heterocycles. The molecule has 1 N–H and O–H groups in total. The van der Waals surface area contributed by atoms with E-state index in [2.05, 4.69) is 4.18 Å². The first-order chi connectivity index (χ1) is 9.84. The van der Waals surface area contributed by atoms with Gasteiger partial charge in [0.25, 0.3) is 10.1 Å². The Labute approximate surface area is 125 Å². The van der Waals surface area contributed by atoms with Crippen LogP contribution >= 0.6 is 0 Å². The molecule has 1 rings (SSSR count). The fraction of sp³-hybridized carbons (Fsp3) is 0.400. The van der Waals surface area contributed by atoms with E-state index in [1.807, 2.05) is 0 Å². The van der Waals surface area contributed by atoms with E-state index in [1.165, 1.54) is 0 Å². The van der Waals surface area contributed by atoms with E-state index >= 15 is 0 Å². The van der Waals surface area contributed by atoms with Crippen molar-refractivity contribution in [3.05, 3.63) is 35.0 Å². The Morgan fingerprint density at radius 3 is 2.05 bits per heavy atom. The summed E-state index contributed by atoms with van der Waals surface area (Å²) < 4.78 is 84.9. The van der Waals surface area contributed by atoms with Crippen LogP contribution in [0.3, 0.4) is 0 Å². The molecule has 22 heavy (non-hydrogen) atoms. The van der Waals surface area contributed by atoms with Gasteiger partial charge in [0.05, 0.1) is 11.8 Å². The fourth-order valence-electron chi connectivity index (χ4n) is 1.37. The minimum Gasteiger partial charge on any atom is -0.618 e. The van der Waals surface area contributed by atoms with Crippen molar-refractivity contribution in [2.24, 2.45) is 0 Å². The van der Waals surface area contributed by atoms with E-state index in [4.69, 9.17) is 0 Å². The number of alkyl halides is 3. The van der Waals surface area contributed by atoms with Gasteiger partial charge in [0.2, 0.25) is 0 Å². The van der Waals surface area contributed by atoms with Crippen LogP contribution in [0, 0.1) is 5.21 Å². The van der Waals surface area contributed by atoms with Gasteiger partial charge < -0.3 is 5.21 Å². The van der Waals surface area contributed by atoms with Crippen LogP contribution in [0.2, 0.25) is 0 Å². The molecule has 0 saturated carbocycles. The Bertz CT molecular complexity index is 712. The zero-order valence-electron chi connectivity index (χ0n) is 11.1. The highest BCUT2D eigenvalue weighted by atomic mass is 32.2. The van der Waals surface area contributed by atoms with E-state index < -0.39 is 54.4 Å². The van der Waals surface area contributed by atoms with E-state index in [-0.39, 0.29) is 0 Å². The van der Waals surface area contributed by atoms with E-state index in [1.54, 1.807) is 0 Å². The Morgan fingerprint density at radius 2 is 1.64 bits per heavy atom. The molecule has 1 aromatic rings. The van der Waals surface area contributed by atoms with Crippen LogP contribution in [-0.2, 0) is 30.5 Å². The van der Waals surface area contributed by atoms with Crippen molar-refractivity contribution in [1.82, 2.24) is 0 Å². The summed E-state index contributed by atoms with van der Waals surface area (Å²) >= 11 is 0. The first-order valence-electron chi connectivity index (χ1n) is 5.63. The number of halogens is 3. The highest BCUT2D eigenvalue weighted by Crippen LogP contribution is 2.29. The van der Waals surface area contributed by atoms with Crippen molar-refractivity contribution in [3.8, 4) is 0 Å². The average Bonchev–Trinajstić information content (AvgIpc) is 2.36. The van der Waals surface area contributed by atoms with Gasteiger partial charge in [0.15, 0.2) is 0 Å². The van der Waals surface area contributed by atoms with Crippen LogP contribution < -0.4 is 4.47 Å². The molecule has 12 heteroatoms. The second-order valence-electron chi connectivity index (χ2n) is 4.17. The maximum atomic E-state index is 12.4. The summed E-state index contributed by atoms with van der Waals surface area (Å²) in [5.74, 6) is 0. The van der Waals surface area contributed by atoms with Crippen molar-refractivity contribution >= 4 is 20.1 Å². The van der Waals surface area contributed by atoms with Gasteiger partial charge in [0.1, 0.15) is 18.0 Å². The normalized spacial score (nSPS) is 14.8. The highest BCUT2D eigenvalue weighted by molar-refractivity contribution is 7.86. The minimum absolute atomic E-state index is 0.535. The standard InChI is InChI=1S/C10H12F3NO6S2/c1-21(16,17)20-7-6-14(15)22(18,19)9-4-2-8(3-5-9)10(11,12)13/h2-5,14H,6-7H2,1H3. The van der Waals surface area contributed by atoms with Gasteiger partial charge in [-0.3, -0.25) is 8.65 Å². The number of hydrogen-bond donors (Lipinski definition) is 1. The van der Waals surface area contributed by atoms with Crippen molar-refractivity contribution in [3.63, 3.8) is 0 Å². The number of nitrogens with one attached hydrogen (secondary N) is 1. The number of benzene rings is 1. The average molecular weight is 363 g/mol. The molecule has 1 atom stereocenters. The summed E-state index contributed by atoms with van der Waals surface area (Å²) in [6.07, 6.45) is -3.91. The number of quaternary nitrogens is 1. The Kier molecular flexibility index (Phi) is 5.56. The van der Waals surface area contributed by atoms with Crippen LogP contribution in [-0.4, -0.2) is 36.2 Å². The van der Waals surface area contributed by atoms with Crippen LogP contribution in [0.15, 0.2) is 29.2 Å². The van der Waals surface area contributed by atoms with E-state index in [0.717, 1.165) is 6.26 Å². The summed E-state index contributed by atoms with van der Waals surface area (Å²) in [6.45, 7) is -1.41. The van der Waals surface area contributed by atoms with Crippen molar-refractivity contribution in [2.75, 3.05) is 19.4 Å². The molecule has 0 aliphatic carbocycles. The lowest BCUT2D eigenvalue weighted by Crippen LogP contribution is -3.09. The van der Waals surface area contributed by atoms with Gasteiger partial charge in [-0.1, -0.05) is 0 Å². The SMILES string of the molecule is CS(=O)(=O)OCC[NH+]([O-])S(=O)(=O)c1ccc(C(F)(F)F)cc1. The lowest BCUT2D eigenvalue weighted by Gasteiger charge is -2.21. The van der Waals surface area contributed by atoms with Gasteiger partial charge in [-0.15, -0.1) is 0 Å². The van der Waals surface area contributed by atoms with Crippen molar-refractivity contribution < 1.29 is 38.7 Å². The number of rotatable bonds is 6. The third-order valence-corrected chi connectivity index (χ3v) is 4.69. The maximum Gasteiger partial charge on any atom is 0.416 e. The highest BCUT2D eigenvalue weighted by Gasteiger charge is 2.31. The third kappa shape index (κ3) is 5.21. The molecular weight excluding hydrogens is 351 g/mol. The second-order valence-corrected chi connectivity index (χ2v) is 7.75. The second kappa shape index (κ2) is 6.50. The molecule has 126 valence electrons. The van der Waals surface area contributed by atoms with Crippen LogP contribution in [0.1, 0.15) is 5.56 Å². The molecule has 0 amide bonds.